The summed E-state index contributed by atoms with van der Waals surface area (Å²) in [5.74, 6) is 0.117. The van der Waals surface area contributed by atoms with E-state index in [1.54, 1.807) is 12.1 Å². The van der Waals surface area contributed by atoms with Crippen molar-refractivity contribution in [3.63, 3.8) is 0 Å². The van der Waals surface area contributed by atoms with Crippen molar-refractivity contribution in [2.45, 2.75) is 26.8 Å². The van der Waals surface area contributed by atoms with Gasteiger partial charge in [0, 0.05) is 17.5 Å². The summed E-state index contributed by atoms with van der Waals surface area (Å²) in [6.45, 7) is 4.21. The third kappa shape index (κ3) is 4.12. The summed E-state index contributed by atoms with van der Waals surface area (Å²) in [5.41, 5.74) is 3.97. The monoisotopic (exact) mass is 404 g/mol. The standard InChI is InChI=1S/C23H20N2O3S/c1-15-3-7-17(8-4-15)19-13-29-22-21(19)23(27)25(14-24-22)12-11-20(26)28-18-9-5-16(2)6-10-18/h3-10,13-14H,11-12H2,1-2H3. The van der Waals surface area contributed by atoms with Crippen molar-refractivity contribution >= 4 is 27.5 Å². The molecule has 0 radical (unpaired) electrons. The Bertz CT molecular complexity index is 1220. The van der Waals surface area contributed by atoms with Gasteiger partial charge in [-0.2, -0.15) is 0 Å². The Hall–Kier alpha value is -3.25. The molecule has 5 nitrogen and oxygen atoms in total. The molecule has 0 aliphatic carbocycles. The lowest BCUT2D eigenvalue weighted by atomic mass is 10.1. The highest BCUT2D eigenvalue weighted by molar-refractivity contribution is 7.17. The van der Waals surface area contributed by atoms with Crippen LogP contribution in [0, 0.1) is 13.8 Å². The van der Waals surface area contributed by atoms with Gasteiger partial charge < -0.3 is 4.74 Å². The number of fused-ring (bicyclic) bond motifs is 1. The normalized spacial score (nSPS) is 11.0. The van der Waals surface area contributed by atoms with Crippen molar-refractivity contribution < 1.29 is 9.53 Å². The van der Waals surface area contributed by atoms with Crippen LogP contribution in [0.4, 0.5) is 0 Å². The van der Waals surface area contributed by atoms with E-state index >= 15 is 0 Å². The van der Waals surface area contributed by atoms with Gasteiger partial charge in [-0.25, -0.2) is 4.98 Å². The molecule has 0 saturated heterocycles. The van der Waals surface area contributed by atoms with Crippen LogP contribution in [-0.4, -0.2) is 15.5 Å². The topological polar surface area (TPSA) is 61.2 Å². The van der Waals surface area contributed by atoms with Gasteiger partial charge in [0.2, 0.25) is 0 Å². The van der Waals surface area contributed by atoms with Crippen LogP contribution < -0.4 is 10.3 Å². The Kier molecular flexibility index (Phi) is 5.27. The van der Waals surface area contributed by atoms with Crippen LogP contribution in [0.25, 0.3) is 21.3 Å². The number of rotatable bonds is 5. The van der Waals surface area contributed by atoms with Gasteiger partial charge in [0.15, 0.2) is 0 Å². The fourth-order valence-electron chi connectivity index (χ4n) is 3.07. The van der Waals surface area contributed by atoms with E-state index in [0.717, 1.165) is 22.3 Å². The molecule has 0 amide bonds. The molecule has 0 N–H and O–H groups in total. The molecule has 2 aromatic heterocycles. The van der Waals surface area contributed by atoms with E-state index in [0.29, 0.717) is 16.0 Å². The van der Waals surface area contributed by atoms with Crippen molar-refractivity contribution in [2.75, 3.05) is 0 Å². The molecule has 0 atom stereocenters. The molecule has 4 aromatic rings. The number of esters is 1. The first-order valence-corrected chi connectivity index (χ1v) is 10.2. The number of benzene rings is 2. The van der Waals surface area contributed by atoms with Crippen molar-refractivity contribution in [3.8, 4) is 16.9 Å². The number of hydrogen-bond donors (Lipinski definition) is 0. The molecule has 0 aliphatic rings. The minimum absolute atomic E-state index is 0.0883. The zero-order valence-electron chi connectivity index (χ0n) is 16.2. The first-order chi connectivity index (χ1) is 14.0. The van der Waals surface area contributed by atoms with Crippen LogP contribution in [-0.2, 0) is 11.3 Å². The van der Waals surface area contributed by atoms with Gasteiger partial charge in [-0.05, 0) is 31.5 Å². The van der Waals surface area contributed by atoms with Crippen molar-refractivity contribution in [2.24, 2.45) is 0 Å². The molecule has 0 aliphatic heterocycles. The summed E-state index contributed by atoms with van der Waals surface area (Å²) in [6, 6.07) is 15.3. The van der Waals surface area contributed by atoms with Gasteiger partial charge >= 0.3 is 5.97 Å². The average Bonchev–Trinajstić information content (AvgIpc) is 3.15. The van der Waals surface area contributed by atoms with Gasteiger partial charge in [0.1, 0.15) is 10.6 Å². The van der Waals surface area contributed by atoms with Crippen molar-refractivity contribution in [3.05, 3.63) is 81.7 Å². The fraction of sp³-hybridized carbons (Fsp3) is 0.174. The molecule has 0 unspecified atom stereocenters. The van der Waals surface area contributed by atoms with E-state index in [1.807, 2.05) is 55.6 Å². The smallest absolute Gasteiger partial charge is 0.312 e. The SMILES string of the molecule is Cc1ccc(OC(=O)CCn2cnc3scc(-c4ccc(C)cc4)c3c2=O)cc1. The minimum Gasteiger partial charge on any atom is -0.426 e. The number of nitrogens with zero attached hydrogens (tertiary/aromatic N) is 2. The quantitative estimate of drug-likeness (QED) is 0.356. The molecular weight excluding hydrogens is 384 g/mol. The predicted molar refractivity (Wildman–Crippen MR) is 115 cm³/mol. The van der Waals surface area contributed by atoms with Gasteiger partial charge in [0.25, 0.3) is 5.56 Å². The second-order valence-electron chi connectivity index (χ2n) is 6.98. The fourth-order valence-corrected chi connectivity index (χ4v) is 3.98. The summed E-state index contributed by atoms with van der Waals surface area (Å²) < 4.78 is 6.81. The Balaban J connectivity index is 1.55. The highest BCUT2D eigenvalue weighted by Crippen LogP contribution is 2.30. The van der Waals surface area contributed by atoms with Crippen molar-refractivity contribution in [1.82, 2.24) is 9.55 Å². The molecule has 0 bridgehead atoms. The Morgan fingerprint density at radius 1 is 1.03 bits per heavy atom. The maximum absolute atomic E-state index is 13.0. The molecule has 29 heavy (non-hydrogen) atoms. The van der Waals surface area contributed by atoms with E-state index in [-0.39, 0.29) is 24.5 Å². The van der Waals surface area contributed by atoms with E-state index in [1.165, 1.54) is 22.2 Å². The number of hydrogen-bond acceptors (Lipinski definition) is 5. The van der Waals surface area contributed by atoms with Crippen LogP contribution in [0.1, 0.15) is 17.5 Å². The van der Waals surface area contributed by atoms with Crippen LogP contribution in [0.5, 0.6) is 5.75 Å². The van der Waals surface area contributed by atoms with Gasteiger partial charge in [-0.1, -0.05) is 47.5 Å². The van der Waals surface area contributed by atoms with E-state index in [4.69, 9.17) is 4.74 Å². The first kappa shape index (κ1) is 19.1. The number of aromatic nitrogens is 2. The number of carbonyl (C=O) groups excluding carboxylic acids is 1. The highest BCUT2D eigenvalue weighted by atomic mass is 32.1. The zero-order valence-corrected chi connectivity index (χ0v) is 17.0. The van der Waals surface area contributed by atoms with E-state index in [9.17, 15) is 9.59 Å². The minimum atomic E-state index is -0.384. The van der Waals surface area contributed by atoms with Crippen LogP contribution in [0.3, 0.4) is 0 Å². The maximum atomic E-state index is 13.0. The highest BCUT2D eigenvalue weighted by Gasteiger charge is 2.14. The van der Waals surface area contributed by atoms with Crippen LogP contribution in [0.15, 0.2) is 65.0 Å². The maximum Gasteiger partial charge on any atom is 0.312 e. The summed E-state index contributed by atoms with van der Waals surface area (Å²) in [4.78, 5) is 30.3. The molecule has 2 aromatic carbocycles. The lowest BCUT2D eigenvalue weighted by Crippen LogP contribution is -2.23. The Morgan fingerprint density at radius 3 is 2.38 bits per heavy atom. The zero-order chi connectivity index (χ0) is 20.4. The second-order valence-corrected chi connectivity index (χ2v) is 7.83. The summed E-state index contributed by atoms with van der Waals surface area (Å²) in [6.07, 6.45) is 1.59. The Labute approximate surface area is 172 Å². The molecule has 4 rings (SSSR count). The lowest BCUT2D eigenvalue weighted by Gasteiger charge is -2.07. The molecule has 0 spiro atoms. The van der Waals surface area contributed by atoms with Gasteiger partial charge in [0.05, 0.1) is 18.1 Å². The van der Waals surface area contributed by atoms with Crippen LogP contribution >= 0.6 is 11.3 Å². The molecule has 6 heteroatoms. The lowest BCUT2D eigenvalue weighted by molar-refractivity contribution is -0.134. The summed E-state index contributed by atoms with van der Waals surface area (Å²) in [5, 5.41) is 2.55. The number of thiophene rings is 1. The number of aryl methyl sites for hydroxylation is 3. The predicted octanol–water partition coefficient (Wildman–Crippen LogP) is 4.74. The van der Waals surface area contributed by atoms with Gasteiger partial charge in [-0.3, -0.25) is 14.2 Å². The van der Waals surface area contributed by atoms with E-state index in [2.05, 4.69) is 4.98 Å². The molecular formula is C23H20N2O3S. The number of carbonyl (C=O) groups is 1. The number of ether oxygens (including phenoxy) is 1. The largest absolute Gasteiger partial charge is 0.426 e. The first-order valence-electron chi connectivity index (χ1n) is 9.32. The Morgan fingerprint density at radius 2 is 1.69 bits per heavy atom. The van der Waals surface area contributed by atoms with E-state index < -0.39 is 0 Å². The summed E-state index contributed by atoms with van der Waals surface area (Å²) >= 11 is 1.45. The summed E-state index contributed by atoms with van der Waals surface area (Å²) in [7, 11) is 0. The third-order valence-corrected chi connectivity index (χ3v) is 5.62. The molecule has 146 valence electrons. The average molecular weight is 404 g/mol. The second kappa shape index (κ2) is 8.01. The molecule has 0 saturated carbocycles. The third-order valence-electron chi connectivity index (χ3n) is 4.73. The van der Waals surface area contributed by atoms with Crippen molar-refractivity contribution in [1.29, 1.82) is 0 Å². The molecule has 0 fully saturated rings. The molecule has 2 heterocycles. The van der Waals surface area contributed by atoms with Crippen LogP contribution in [0.2, 0.25) is 0 Å². The van der Waals surface area contributed by atoms with Gasteiger partial charge in [-0.15, -0.1) is 11.3 Å².